The fourth-order valence-corrected chi connectivity index (χ4v) is 2.42. The molecular weight excluding hydrogens is 226 g/mol. The molecule has 1 aliphatic rings. The van der Waals surface area contributed by atoms with E-state index < -0.39 is 0 Å². The van der Waals surface area contributed by atoms with Crippen molar-refractivity contribution in [2.75, 3.05) is 18.8 Å². The number of aryl methyl sites for hydroxylation is 1. The fraction of sp³-hybridized carbons (Fsp3) is 0.700. The molecule has 0 radical (unpaired) electrons. The van der Waals surface area contributed by atoms with Gasteiger partial charge in [0.2, 0.25) is 11.8 Å². The minimum absolute atomic E-state index is 0.237. The Kier molecular flexibility index (Phi) is 3.82. The topological polar surface area (TPSA) is 59.2 Å². The lowest BCUT2D eigenvalue weighted by molar-refractivity contribution is -0.129. The lowest BCUT2D eigenvalue weighted by Gasteiger charge is -2.14. The molecule has 0 bridgehead atoms. The first kappa shape index (κ1) is 11.4. The number of amides is 1. The zero-order chi connectivity index (χ0) is 11.4. The second kappa shape index (κ2) is 5.34. The Bertz CT molecular complexity index is 361. The molecule has 0 aromatic carbocycles. The van der Waals surface area contributed by atoms with Crippen LogP contribution in [0.4, 0.5) is 0 Å². The van der Waals surface area contributed by atoms with Crippen LogP contribution in [-0.4, -0.2) is 39.8 Å². The highest BCUT2D eigenvalue weighted by atomic mass is 32.2. The van der Waals surface area contributed by atoms with Crippen molar-refractivity contribution in [2.45, 2.75) is 31.4 Å². The number of nitrogens with zero attached hydrogens (tertiary/aromatic N) is 3. The van der Waals surface area contributed by atoms with Crippen molar-refractivity contribution in [3.8, 4) is 0 Å². The Labute approximate surface area is 98.6 Å². The molecule has 6 heteroatoms. The number of thioether (sulfide) groups is 1. The third kappa shape index (κ3) is 2.98. The van der Waals surface area contributed by atoms with Crippen LogP contribution in [-0.2, 0) is 4.79 Å². The second-order valence-electron chi connectivity index (χ2n) is 3.77. The average Bonchev–Trinajstić information content (AvgIpc) is 2.89. The van der Waals surface area contributed by atoms with E-state index in [1.54, 1.807) is 6.92 Å². The Hall–Kier alpha value is -1.04. The van der Waals surface area contributed by atoms with Crippen molar-refractivity contribution in [3.05, 3.63) is 5.89 Å². The lowest BCUT2D eigenvalue weighted by atomic mass is 10.4. The summed E-state index contributed by atoms with van der Waals surface area (Å²) in [4.78, 5) is 13.6. The summed E-state index contributed by atoms with van der Waals surface area (Å²) in [6.45, 7) is 3.60. The molecule has 0 atom stereocenters. The van der Waals surface area contributed by atoms with Gasteiger partial charge in [-0.3, -0.25) is 4.79 Å². The maximum absolute atomic E-state index is 11.7. The molecular formula is C10H15N3O2S. The second-order valence-corrected chi connectivity index (χ2v) is 4.82. The quantitative estimate of drug-likeness (QED) is 0.747. The molecule has 0 N–H and O–H groups in total. The summed E-state index contributed by atoms with van der Waals surface area (Å²) in [6.07, 6.45) is 2.83. The van der Waals surface area contributed by atoms with Crippen LogP contribution in [0.5, 0.6) is 0 Å². The van der Waals surface area contributed by atoms with Gasteiger partial charge in [0.1, 0.15) is 0 Å². The predicted octanol–water partition coefficient (Wildman–Crippen LogP) is 1.48. The third-order valence-electron chi connectivity index (χ3n) is 2.51. The first-order valence-electron chi connectivity index (χ1n) is 5.46. The van der Waals surface area contributed by atoms with E-state index in [0.717, 1.165) is 25.9 Å². The molecule has 5 nitrogen and oxygen atoms in total. The van der Waals surface area contributed by atoms with Gasteiger partial charge in [-0.25, -0.2) is 0 Å². The van der Waals surface area contributed by atoms with Crippen LogP contribution in [0.1, 0.15) is 25.2 Å². The molecule has 1 aromatic heterocycles. The molecule has 2 rings (SSSR count). The van der Waals surface area contributed by atoms with Gasteiger partial charge < -0.3 is 9.32 Å². The smallest absolute Gasteiger partial charge is 0.276 e. The van der Waals surface area contributed by atoms with Gasteiger partial charge in [-0.05, 0) is 12.8 Å². The summed E-state index contributed by atoms with van der Waals surface area (Å²) in [5, 5.41) is 8.14. The van der Waals surface area contributed by atoms with E-state index in [9.17, 15) is 4.79 Å². The fourth-order valence-electron chi connectivity index (χ4n) is 1.69. The van der Waals surface area contributed by atoms with Crippen molar-refractivity contribution in [2.24, 2.45) is 0 Å². The molecule has 1 aromatic rings. The highest BCUT2D eigenvalue weighted by Crippen LogP contribution is 2.17. The van der Waals surface area contributed by atoms with Gasteiger partial charge in [-0.1, -0.05) is 11.8 Å². The minimum Gasteiger partial charge on any atom is -0.416 e. The van der Waals surface area contributed by atoms with E-state index in [1.165, 1.54) is 11.8 Å². The van der Waals surface area contributed by atoms with Gasteiger partial charge in [-0.15, -0.1) is 10.2 Å². The number of carbonyl (C=O) groups is 1. The maximum Gasteiger partial charge on any atom is 0.276 e. The van der Waals surface area contributed by atoms with Crippen LogP contribution in [0.3, 0.4) is 0 Å². The summed E-state index contributed by atoms with van der Waals surface area (Å²) in [7, 11) is 0. The Morgan fingerprint density at radius 2 is 2.19 bits per heavy atom. The summed E-state index contributed by atoms with van der Waals surface area (Å²) < 4.78 is 5.21. The first-order valence-corrected chi connectivity index (χ1v) is 6.45. The minimum atomic E-state index is 0.237. The van der Waals surface area contributed by atoms with Crippen LogP contribution in [0, 0.1) is 6.92 Å². The molecule has 0 unspecified atom stereocenters. The summed E-state index contributed by atoms with van der Waals surface area (Å²) in [5.74, 6) is 1.51. The van der Waals surface area contributed by atoms with E-state index in [0.29, 0.717) is 23.3 Å². The SMILES string of the molecule is Cc1nnc(SCCC(=O)N2CCCC2)o1. The van der Waals surface area contributed by atoms with Crippen molar-refractivity contribution < 1.29 is 9.21 Å². The lowest BCUT2D eigenvalue weighted by Crippen LogP contribution is -2.27. The van der Waals surface area contributed by atoms with Crippen LogP contribution < -0.4 is 0 Å². The molecule has 1 aliphatic heterocycles. The molecule has 88 valence electrons. The number of likely N-dealkylation sites (tertiary alicyclic amines) is 1. The molecule has 1 amide bonds. The van der Waals surface area contributed by atoms with Crippen molar-refractivity contribution >= 4 is 17.7 Å². The van der Waals surface area contributed by atoms with Gasteiger partial charge in [0, 0.05) is 32.2 Å². The van der Waals surface area contributed by atoms with Crippen molar-refractivity contribution in [3.63, 3.8) is 0 Å². The molecule has 0 aliphatic carbocycles. The highest BCUT2D eigenvalue weighted by Gasteiger charge is 2.17. The zero-order valence-electron chi connectivity index (χ0n) is 9.31. The van der Waals surface area contributed by atoms with Gasteiger partial charge >= 0.3 is 0 Å². The first-order chi connectivity index (χ1) is 7.75. The molecule has 0 spiro atoms. The van der Waals surface area contributed by atoms with E-state index in [4.69, 9.17) is 4.42 Å². The maximum atomic E-state index is 11.7. The Morgan fingerprint density at radius 1 is 1.44 bits per heavy atom. The monoisotopic (exact) mass is 241 g/mol. The van der Waals surface area contributed by atoms with E-state index in [2.05, 4.69) is 10.2 Å². The third-order valence-corrected chi connectivity index (χ3v) is 3.33. The number of aromatic nitrogens is 2. The highest BCUT2D eigenvalue weighted by molar-refractivity contribution is 7.99. The Morgan fingerprint density at radius 3 is 2.81 bits per heavy atom. The van der Waals surface area contributed by atoms with Crippen LogP contribution >= 0.6 is 11.8 Å². The number of rotatable bonds is 4. The van der Waals surface area contributed by atoms with E-state index >= 15 is 0 Å². The van der Waals surface area contributed by atoms with Gasteiger partial charge in [0.15, 0.2) is 0 Å². The van der Waals surface area contributed by atoms with E-state index in [-0.39, 0.29) is 5.91 Å². The summed E-state index contributed by atoms with van der Waals surface area (Å²) in [5.41, 5.74) is 0. The van der Waals surface area contributed by atoms with Gasteiger partial charge in [-0.2, -0.15) is 0 Å². The molecule has 1 fully saturated rings. The van der Waals surface area contributed by atoms with Crippen molar-refractivity contribution in [1.29, 1.82) is 0 Å². The Balaban J connectivity index is 1.69. The average molecular weight is 241 g/mol. The largest absolute Gasteiger partial charge is 0.416 e. The van der Waals surface area contributed by atoms with Gasteiger partial charge in [0.25, 0.3) is 5.22 Å². The zero-order valence-corrected chi connectivity index (χ0v) is 10.1. The molecule has 1 saturated heterocycles. The van der Waals surface area contributed by atoms with Crippen LogP contribution in [0.2, 0.25) is 0 Å². The van der Waals surface area contributed by atoms with Crippen LogP contribution in [0.25, 0.3) is 0 Å². The van der Waals surface area contributed by atoms with Gasteiger partial charge in [0.05, 0.1) is 0 Å². The van der Waals surface area contributed by atoms with Crippen molar-refractivity contribution in [1.82, 2.24) is 15.1 Å². The normalized spacial score (nSPS) is 15.7. The molecule has 2 heterocycles. The summed E-state index contributed by atoms with van der Waals surface area (Å²) in [6, 6.07) is 0. The summed E-state index contributed by atoms with van der Waals surface area (Å²) >= 11 is 1.44. The number of hydrogen-bond donors (Lipinski definition) is 0. The molecule has 0 saturated carbocycles. The van der Waals surface area contributed by atoms with Crippen LogP contribution in [0.15, 0.2) is 9.64 Å². The number of hydrogen-bond acceptors (Lipinski definition) is 5. The standard InChI is InChI=1S/C10H15N3O2S/c1-8-11-12-10(15-8)16-7-4-9(14)13-5-2-3-6-13/h2-7H2,1H3. The van der Waals surface area contributed by atoms with E-state index in [1.807, 2.05) is 4.90 Å². The molecule has 16 heavy (non-hydrogen) atoms. The number of carbonyl (C=O) groups excluding carboxylic acids is 1. The predicted molar refractivity (Wildman–Crippen MR) is 60.2 cm³/mol.